The number of aliphatic hydroxyl groups is 2. The average molecular weight is 235 g/mol. The summed E-state index contributed by atoms with van der Waals surface area (Å²) in [5.41, 5.74) is 0.165. The van der Waals surface area contributed by atoms with Crippen molar-refractivity contribution < 1.29 is 14.6 Å². The Morgan fingerprint density at radius 2 is 1.94 bits per heavy atom. The van der Waals surface area contributed by atoms with E-state index in [1.54, 1.807) is 6.92 Å². The monoisotopic (exact) mass is 235 g/mol. The standard InChI is InChI=1S/C13H17NO3/c1-13(8-15,9-16)14-7-11-6-10-4-2-3-5-12(10)17-11/h2-6,14-16H,7-9H2,1H3. The van der Waals surface area contributed by atoms with E-state index in [1.807, 2.05) is 30.3 Å². The zero-order valence-electron chi connectivity index (χ0n) is 9.81. The zero-order valence-corrected chi connectivity index (χ0v) is 9.81. The number of furan rings is 1. The lowest BCUT2D eigenvalue weighted by Crippen LogP contribution is -2.48. The summed E-state index contributed by atoms with van der Waals surface area (Å²) in [4.78, 5) is 0. The summed E-state index contributed by atoms with van der Waals surface area (Å²) in [7, 11) is 0. The number of hydrogen-bond acceptors (Lipinski definition) is 4. The van der Waals surface area contributed by atoms with Crippen molar-refractivity contribution in [3.8, 4) is 0 Å². The van der Waals surface area contributed by atoms with Crippen LogP contribution in [0.15, 0.2) is 34.7 Å². The number of rotatable bonds is 5. The molecule has 4 nitrogen and oxygen atoms in total. The Balaban J connectivity index is 2.09. The molecule has 0 aliphatic rings. The molecule has 0 fully saturated rings. The molecule has 4 heteroatoms. The molecule has 1 aromatic carbocycles. The molecule has 0 saturated heterocycles. The normalized spacial score (nSPS) is 12.2. The number of benzene rings is 1. The SMILES string of the molecule is CC(CO)(CO)NCc1cc2ccccc2o1. The Kier molecular flexibility index (Phi) is 3.47. The van der Waals surface area contributed by atoms with Gasteiger partial charge in [0.25, 0.3) is 0 Å². The van der Waals surface area contributed by atoms with E-state index in [-0.39, 0.29) is 13.2 Å². The molecule has 0 saturated carbocycles. The second kappa shape index (κ2) is 4.87. The molecule has 0 unspecified atom stereocenters. The predicted octanol–water partition coefficient (Wildman–Crippen LogP) is 1.27. The number of para-hydroxylation sites is 1. The minimum absolute atomic E-state index is 0.121. The molecule has 0 atom stereocenters. The largest absolute Gasteiger partial charge is 0.460 e. The van der Waals surface area contributed by atoms with Gasteiger partial charge in [0.05, 0.1) is 25.3 Å². The first-order valence-corrected chi connectivity index (χ1v) is 5.61. The molecular formula is C13H17NO3. The fourth-order valence-corrected chi connectivity index (χ4v) is 1.59. The van der Waals surface area contributed by atoms with Gasteiger partial charge < -0.3 is 19.9 Å². The Morgan fingerprint density at radius 3 is 2.59 bits per heavy atom. The van der Waals surface area contributed by atoms with E-state index >= 15 is 0 Å². The maximum absolute atomic E-state index is 9.15. The van der Waals surface area contributed by atoms with Crippen molar-refractivity contribution in [3.05, 3.63) is 36.1 Å². The van der Waals surface area contributed by atoms with Crippen LogP contribution in [0, 0.1) is 0 Å². The summed E-state index contributed by atoms with van der Waals surface area (Å²) in [6.07, 6.45) is 0. The van der Waals surface area contributed by atoms with Gasteiger partial charge in [0, 0.05) is 5.39 Å². The molecular weight excluding hydrogens is 218 g/mol. The number of nitrogens with one attached hydrogen (secondary N) is 1. The van der Waals surface area contributed by atoms with E-state index in [2.05, 4.69) is 5.32 Å². The molecule has 2 aromatic rings. The van der Waals surface area contributed by atoms with Gasteiger partial charge >= 0.3 is 0 Å². The molecule has 0 spiro atoms. The Bertz CT molecular complexity index is 455. The highest BCUT2D eigenvalue weighted by molar-refractivity contribution is 5.77. The summed E-state index contributed by atoms with van der Waals surface area (Å²) < 4.78 is 5.63. The van der Waals surface area contributed by atoms with Crippen LogP contribution in [0.2, 0.25) is 0 Å². The smallest absolute Gasteiger partial charge is 0.134 e. The first-order chi connectivity index (χ1) is 8.17. The number of aliphatic hydroxyl groups excluding tert-OH is 2. The summed E-state index contributed by atoms with van der Waals surface area (Å²) in [5.74, 6) is 0.791. The molecule has 0 radical (unpaired) electrons. The van der Waals surface area contributed by atoms with Gasteiger partial charge in [-0.25, -0.2) is 0 Å². The Labute approximate surface area is 99.9 Å². The second-order valence-corrected chi connectivity index (χ2v) is 4.48. The third-order valence-corrected chi connectivity index (χ3v) is 2.86. The van der Waals surface area contributed by atoms with E-state index in [4.69, 9.17) is 14.6 Å². The molecule has 0 aliphatic heterocycles. The van der Waals surface area contributed by atoms with Crippen molar-refractivity contribution in [3.63, 3.8) is 0 Å². The minimum Gasteiger partial charge on any atom is -0.460 e. The van der Waals surface area contributed by atoms with Crippen LogP contribution in [-0.4, -0.2) is 29.0 Å². The molecule has 92 valence electrons. The highest BCUT2D eigenvalue weighted by atomic mass is 16.3. The number of hydrogen-bond donors (Lipinski definition) is 3. The van der Waals surface area contributed by atoms with Crippen molar-refractivity contribution in [2.75, 3.05) is 13.2 Å². The van der Waals surface area contributed by atoms with Gasteiger partial charge in [-0.3, -0.25) is 0 Å². The lowest BCUT2D eigenvalue weighted by Gasteiger charge is -2.25. The van der Waals surface area contributed by atoms with Gasteiger partial charge in [0.2, 0.25) is 0 Å². The highest BCUT2D eigenvalue weighted by Crippen LogP contribution is 2.19. The van der Waals surface area contributed by atoms with E-state index < -0.39 is 5.54 Å². The van der Waals surface area contributed by atoms with Crippen molar-refractivity contribution in [1.82, 2.24) is 5.32 Å². The van der Waals surface area contributed by atoms with E-state index in [0.717, 1.165) is 16.7 Å². The molecule has 2 rings (SSSR count). The molecule has 1 aromatic heterocycles. The molecule has 1 heterocycles. The maximum Gasteiger partial charge on any atom is 0.134 e. The third-order valence-electron chi connectivity index (χ3n) is 2.86. The van der Waals surface area contributed by atoms with Crippen molar-refractivity contribution in [2.45, 2.75) is 19.0 Å². The van der Waals surface area contributed by atoms with Crippen LogP contribution < -0.4 is 5.32 Å². The van der Waals surface area contributed by atoms with Gasteiger partial charge in [0.15, 0.2) is 0 Å². The van der Waals surface area contributed by atoms with E-state index in [0.29, 0.717) is 6.54 Å². The van der Waals surface area contributed by atoms with Crippen LogP contribution in [0.5, 0.6) is 0 Å². The molecule has 0 bridgehead atoms. The van der Waals surface area contributed by atoms with Crippen LogP contribution in [0.25, 0.3) is 11.0 Å². The first kappa shape index (κ1) is 12.1. The van der Waals surface area contributed by atoms with Crippen molar-refractivity contribution in [2.24, 2.45) is 0 Å². The maximum atomic E-state index is 9.15. The fourth-order valence-electron chi connectivity index (χ4n) is 1.59. The molecule has 17 heavy (non-hydrogen) atoms. The fraction of sp³-hybridized carbons (Fsp3) is 0.385. The van der Waals surface area contributed by atoms with E-state index in [1.165, 1.54) is 0 Å². The molecule has 3 N–H and O–H groups in total. The minimum atomic E-state index is -0.682. The van der Waals surface area contributed by atoms with E-state index in [9.17, 15) is 0 Å². The molecule has 0 aliphatic carbocycles. The highest BCUT2D eigenvalue weighted by Gasteiger charge is 2.21. The second-order valence-electron chi connectivity index (χ2n) is 4.48. The van der Waals surface area contributed by atoms with Gasteiger partial charge in [-0.05, 0) is 19.1 Å². The summed E-state index contributed by atoms with van der Waals surface area (Å²) in [6, 6.07) is 9.74. The van der Waals surface area contributed by atoms with Crippen LogP contribution >= 0.6 is 0 Å². The van der Waals surface area contributed by atoms with Crippen molar-refractivity contribution >= 4 is 11.0 Å². The van der Waals surface area contributed by atoms with Crippen LogP contribution in [0.4, 0.5) is 0 Å². The Hall–Kier alpha value is -1.36. The van der Waals surface area contributed by atoms with Crippen molar-refractivity contribution in [1.29, 1.82) is 0 Å². The van der Waals surface area contributed by atoms with Crippen LogP contribution in [-0.2, 0) is 6.54 Å². The average Bonchev–Trinajstić information content (AvgIpc) is 2.79. The lowest BCUT2D eigenvalue weighted by atomic mass is 10.1. The van der Waals surface area contributed by atoms with Gasteiger partial charge in [-0.15, -0.1) is 0 Å². The van der Waals surface area contributed by atoms with Gasteiger partial charge in [-0.1, -0.05) is 18.2 Å². The molecule has 0 amide bonds. The summed E-state index contributed by atoms with van der Waals surface area (Å²) >= 11 is 0. The van der Waals surface area contributed by atoms with Gasteiger partial charge in [0.1, 0.15) is 11.3 Å². The van der Waals surface area contributed by atoms with Crippen LogP contribution in [0.3, 0.4) is 0 Å². The zero-order chi connectivity index (χ0) is 12.3. The summed E-state index contributed by atoms with van der Waals surface area (Å²) in [6.45, 7) is 2.00. The summed E-state index contributed by atoms with van der Waals surface area (Å²) in [5, 5.41) is 22.4. The first-order valence-electron chi connectivity index (χ1n) is 5.61. The predicted molar refractivity (Wildman–Crippen MR) is 65.6 cm³/mol. The van der Waals surface area contributed by atoms with Crippen LogP contribution in [0.1, 0.15) is 12.7 Å². The topological polar surface area (TPSA) is 65.6 Å². The number of fused-ring (bicyclic) bond motifs is 1. The Morgan fingerprint density at radius 1 is 1.24 bits per heavy atom. The quantitative estimate of drug-likeness (QED) is 0.730. The lowest BCUT2D eigenvalue weighted by molar-refractivity contribution is 0.101. The van der Waals surface area contributed by atoms with Gasteiger partial charge in [-0.2, -0.15) is 0 Å². The third kappa shape index (κ3) is 2.66.